The summed E-state index contributed by atoms with van der Waals surface area (Å²) in [5, 5.41) is 23.4. The van der Waals surface area contributed by atoms with E-state index in [1.165, 1.54) is 33.8 Å². The highest BCUT2D eigenvalue weighted by atomic mass is 32.2. The number of hydrogen-bond acceptors (Lipinski definition) is 13. The van der Waals surface area contributed by atoms with Crippen molar-refractivity contribution in [2.45, 2.75) is 94.3 Å². The first-order valence-electron chi connectivity index (χ1n) is 11.7. The monoisotopic (exact) mass is 549 g/mol. The molecule has 1 amide bonds. The first kappa shape index (κ1) is 31.0. The topological polar surface area (TPSA) is 176 Å². The molecule has 3 N–H and O–H groups in total. The van der Waals surface area contributed by atoms with E-state index in [-0.39, 0.29) is 13.2 Å². The quantitative estimate of drug-likeness (QED) is 0.179. The SMILES string of the molecule is C=CCO[C@@H]1O[C@H](CO[C@H]2S[C@@H](C)[C@@H](OC(C)=O)[C@@H](OC(C)=O)[C@@H]2OC(C)=O)[C@@H](O)[C@H](O)[C@H]1NC(C)=O. The van der Waals surface area contributed by atoms with Crippen molar-refractivity contribution in [1.29, 1.82) is 0 Å². The minimum absolute atomic E-state index is 0.0449. The van der Waals surface area contributed by atoms with E-state index < -0.39 is 83.5 Å². The smallest absolute Gasteiger partial charge is 0.303 e. The first-order valence-corrected chi connectivity index (χ1v) is 12.6. The van der Waals surface area contributed by atoms with Gasteiger partial charge in [0.15, 0.2) is 24.6 Å². The first-order chi connectivity index (χ1) is 17.3. The van der Waals surface area contributed by atoms with Crippen LogP contribution in [0.2, 0.25) is 0 Å². The largest absolute Gasteiger partial charge is 0.457 e. The van der Waals surface area contributed by atoms with E-state index in [9.17, 15) is 29.4 Å². The molecule has 13 nitrogen and oxygen atoms in total. The maximum atomic E-state index is 11.9. The number of thioether (sulfide) groups is 1. The lowest BCUT2D eigenvalue weighted by molar-refractivity contribution is -0.272. The van der Waals surface area contributed by atoms with Gasteiger partial charge < -0.3 is 44.0 Å². The Labute approximate surface area is 219 Å². The Morgan fingerprint density at radius 1 is 0.919 bits per heavy atom. The predicted octanol–water partition coefficient (Wildman–Crippen LogP) is -0.586. The highest BCUT2D eigenvalue weighted by Crippen LogP contribution is 2.38. The molecule has 0 spiro atoms. The lowest BCUT2D eigenvalue weighted by Crippen LogP contribution is -2.65. The number of carbonyl (C=O) groups is 4. The second-order valence-corrected chi connectivity index (χ2v) is 10.1. The summed E-state index contributed by atoms with van der Waals surface area (Å²) >= 11 is 1.16. The van der Waals surface area contributed by atoms with Crippen LogP contribution < -0.4 is 5.32 Å². The molecule has 210 valence electrons. The number of nitrogens with one attached hydrogen (secondary N) is 1. The van der Waals surface area contributed by atoms with E-state index in [4.69, 9.17) is 28.4 Å². The predicted molar refractivity (Wildman–Crippen MR) is 128 cm³/mol. The maximum Gasteiger partial charge on any atom is 0.303 e. The summed E-state index contributed by atoms with van der Waals surface area (Å²) in [5.74, 6) is -2.44. The van der Waals surface area contributed by atoms with Gasteiger partial charge in [-0.25, -0.2) is 0 Å². The Morgan fingerprint density at radius 2 is 1.49 bits per heavy atom. The lowest BCUT2D eigenvalue weighted by Gasteiger charge is -2.45. The molecule has 37 heavy (non-hydrogen) atoms. The van der Waals surface area contributed by atoms with E-state index >= 15 is 0 Å². The number of aliphatic hydroxyl groups is 2. The minimum atomic E-state index is -1.48. The van der Waals surface area contributed by atoms with Gasteiger partial charge >= 0.3 is 17.9 Å². The fourth-order valence-corrected chi connectivity index (χ4v) is 5.37. The fraction of sp³-hybridized carbons (Fsp3) is 0.739. The average molecular weight is 550 g/mol. The molecular formula is C23H35NO12S. The maximum absolute atomic E-state index is 11.9. The molecule has 0 unspecified atom stereocenters. The zero-order valence-corrected chi connectivity index (χ0v) is 22.2. The molecule has 0 aromatic heterocycles. The van der Waals surface area contributed by atoms with Gasteiger partial charge in [0.2, 0.25) is 5.91 Å². The average Bonchev–Trinajstić information content (AvgIpc) is 2.79. The summed E-state index contributed by atoms with van der Waals surface area (Å²) < 4.78 is 33.4. The van der Waals surface area contributed by atoms with E-state index in [1.54, 1.807) is 6.92 Å². The van der Waals surface area contributed by atoms with Crippen LogP contribution in [0.1, 0.15) is 34.6 Å². The van der Waals surface area contributed by atoms with E-state index in [1.807, 2.05) is 0 Å². The number of ether oxygens (including phenoxy) is 6. The molecular weight excluding hydrogens is 514 g/mol. The van der Waals surface area contributed by atoms with Crippen LogP contribution in [0.3, 0.4) is 0 Å². The summed E-state index contributed by atoms with van der Waals surface area (Å²) in [6.45, 7) is 9.81. The summed E-state index contributed by atoms with van der Waals surface area (Å²) in [4.78, 5) is 47.0. The van der Waals surface area contributed by atoms with Gasteiger partial charge in [0.25, 0.3) is 0 Å². The van der Waals surface area contributed by atoms with Crippen LogP contribution in [0.25, 0.3) is 0 Å². The van der Waals surface area contributed by atoms with Gasteiger partial charge in [-0.1, -0.05) is 6.08 Å². The second kappa shape index (κ2) is 14.1. The number of hydrogen-bond donors (Lipinski definition) is 3. The van der Waals surface area contributed by atoms with Gasteiger partial charge in [0, 0.05) is 32.9 Å². The molecule has 0 radical (unpaired) electrons. The summed E-state index contributed by atoms with van der Waals surface area (Å²) in [6, 6.07) is -1.06. The molecule has 2 saturated heterocycles. The normalized spacial score (nSPS) is 35.6. The minimum Gasteiger partial charge on any atom is -0.457 e. The van der Waals surface area contributed by atoms with Crippen LogP contribution in [0, 0.1) is 0 Å². The second-order valence-electron chi connectivity index (χ2n) is 8.64. The molecule has 0 aromatic carbocycles. The number of amides is 1. The Bertz CT molecular complexity index is 841. The molecule has 2 heterocycles. The number of aliphatic hydroxyl groups excluding tert-OH is 2. The molecule has 0 saturated carbocycles. The molecule has 2 aliphatic heterocycles. The van der Waals surface area contributed by atoms with Crippen molar-refractivity contribution in [3.05, 3.63) is 12.7 Å². The Hall–Kier alpha value is -2.23. The molecule has 14 heteroatoms. The Morgan fingerprint density at radius 3 is 2.03 bits per heavy atom. The third kappa shape index (κ3) is 8.65. The standard InChI is InChI=1S/C23H35NO12S/c1-7-8-31-22-16(24-11(3)25)18(30)17(29)15(36-22)9-32-23-21(35-14(6)28)20(34-13(5)27)19(10(2)37-23)33-12(4)26/h7,10,15-23,29-30H,1,8-9H2,2-6H3,(H,24,25)/t10-,15+,16+,17+,18+,19+,20+,21-,22+,23-/m0/s1. The van der Waals surface area contributed by atoms with Crippen LogP contribution in [0.5, 0.6) is 0 Å². The highest BCUT2D eigenvalue weighted by Gasteiger charge is 2.51. The summed E-state index contributed by atoms with van der Waals surface area (Å²) in [7, 11) is 0. The van der Waals surface area contributed by atoms with Gasteiger partial charge in [-0.2, -0.15) is 0 Å². The number of esters is 3. The van der Waals surface area contributed by atoms with E-state index in [0.717, 1.165) is 11.8 Å². The summed E-state index contributed by atoms with van der Waals surface area (Å²) in [5.41, 5.74) is -0.927. The van der Waals surface area contributed by atoms with Crippen LogP contribution in [-0.4, -0.2) is 107 Å². The van der Waals surface area contributed by atoms with Gasteiger partial charge in [0.1, 0.15) is 29.8 Å². The van der Waals surface area contributed by atoms with E-state index in [2.05, 4.69) is 11.9 Å². The fourth-order valence-electron chi connectivity index (χ4n) is 4.06. The van der Waals surface area contributed by atoms with Crippen molar-refractivity contribution >= 4 is 35.6 Å². The van der Waals surface area contributed by atoms with Crippen LogP contribution in [0.15, 0.2) is 12.7 Å². The van der Waals surface area contributed by atoms with Crippen molar-refractivity contribution in [2.24, 2.45) is 0 Å². The molecule has 2 rings (SSSR count). The Kier molecular flexibility index (Phi) is 11.8. The number of rotatable bonds is 10. The zero-order chi connectivity index (χ0) is 27.9. The van der Waals surface area contributed by atoms with Crippen molar-refractivity contribution in [3.63, 3.8) is 0 Å². The van der Waals surface area contributed by atoms with Crippen LogP contribution in [0.4, 0.5) is 0 Å². The third-order valence-electron chi connectivity index (χ3n) is 5.51. The van der Waals surface area contributed by atoms with Gasteiger partial charge in [-0.05, 0) is 6.92 Å². The van der Waals surface area contributed by atoms with Gasteiger partial charge in [0.05, 0.1) is 13.2 Å². The van der Waals surface area contributed by atoms with Crippen molar-refractivity contribution in [3.8, 4) is 0 Å². The third-order valence-corrected chi connectivity index (χ3v) is 6.88. The molecule has 0 aliphatic carbocycles. The van der Waals surface area contributed by atoms with Crippen molar-refractivity contribution in [2.75, 3.05) is 13.2 Å². The van der Waals surface area contributed by atoms with Gasteiger partial charge in [-0.15, -0.1) is 18.3 Å². The molecule has 0 bridgehead atoms. The molecule has 2 aliphatic rings. The van der Waals surface area contributed by atoms with Crippen LogP contribution >= 0.6 is 11.8 Å². The molecule has 10 atom stereocenters. The Balaban J connectivity index is 2.24. The van der Waals surface area contributed by atoms with Crippen molar-refractivity contribution < 1.29 is 57.8 Å². The van der Waals surface area contributed by atoms with Gasteiger partial charge in [-0.3, -0.25) is 19.2 Å². The highest BCUT2D eigenvalue weighted by molar-refractivity contribution is 8.00. The van der Waals surface area contributed by atoms with Crippen molar-refractivity contribution in [1.82, 2.24) is 5.32 Å². The summed E-state index contributed by atoms with van der Waals surface area (Å²) in [6.07, 6.45) is -6.97. The molecule has 0 aromatic rings. The number of carbonyl (C=O) groups excluding carboxylic acids is 4. The zero-order valence-electron chi connectivity index (χ0n) is 21.4. The van der Waals surface area contributed by atoms with Crippen LogP contribution in [-0.2, 0) is 47.6 Å². The lowest BCUT2D eigenvalue weighted by atomic mass is 9.97. The molecule has 2 fully saturated rings. The van der Waals surface area contributed by atoms with E-state index in [0.29, 0.717) is 0 Å².